The third-order valence-electron chi connectivity index (χ3n) is 3.25. The molecule has 0 aliphatic heterocycles. The summed E-state index contributed by atoms with van der Waals surface area (Å²) < 4.78 is 2.16. The molecule has 0 bridgehead atoms. The van der Waals surface area contributed by atoms with E-state index in [9.17, 15) is 4.79 Å². The number of aromatic nitrogens is 2. The quantitative estimate of drug-likeness (QED) is 0.446. The van der Waals surface area contributed by atoms with Crippen LogP contribution in [0.3, 0.4) is 0 Å². The van der Waals surface area contributed by atoms with Gasteiger partial charge >= 0.3 is 0 Å². The van der Waals surface area contributed by atoms with Gasteiger partial charge in [-0.15, -0.1) is 34.0 Å². The molecule has 0 aliphatic carbocycles. The van der Waals surface area contributed by atoms with E-state index in [0.717, 1.165) is 15.8 Å². The molecule has 0 aliphatic rings. The van der Waals surface area contributed by atoms with E-state index in [-0.39, 0.29) is 5.91 Å². The average Bonchev–Trinajstić information content (AvgIpc) is 3.26. The van der Waals surface area contributed by atoms with E-state index < -0.39 is 0 Å². The van der Waals surface area contributed by atoms with Crippen molar-refractivity contribution in [2.45, 2.75) is 0 Å². The number of hydrogen-bond acceptors (Lipinski definition) is 6. The number of carbonyl (C=O) groups excluding carboxylic acids is 1. The van der Waals surface area contributed by atoms with Crippen LogP contribution in [0, 0.1) is 0 Å². The molecule has 9 heteroatoms. The molecule has 0 fully saturated rings. The molecular weight excluding hydrogens is 405 g/mol. The van der Waals surface area contributed by atoms with E-state index in [0.29, 0.717) is 25.1 Å². The molecule has 4 rings (SSSR count). The topological polar surface area (TPSA) is 54.9 Å². The lowest BCUT2D eigenvalue weighted by Crippen LogP contribution is -2.11. The zero-order chi connectivity index (χ0) is 16.7. The first-order chi connectivity index (χ1) is 11.6. The number of fused-ring (bicyclic) bond motifs is 1. The zero-order valence-corrected chi connectivity index (χ0v) is 15.7. The lowest BCUT2D eigenvalue weighted by molar-refractivity contribution is 0.102. The van der Waals surface area contributed by atoms with E-state index in [1.165, 1.54) is 34.0 Å². The van der Waals surface area contributed by atoms with Crippen molar-refractivity contribution >= 4 is 78.5 Å². The van der Waals surface area contributed by atoms with Gasteiger partial charge in [-0.2, -0.15) is 0 Å². The minimum Gasteiger partial charge on any atom is -0.298 e. The highest BCUT2D eigenvalue weighted by Crippen LogP contribution is 2.39. The van der Waals surface area contributed by atoms with Crippen molar-refractivity contribution in [3.63, 3.8) is 0 Å². The molecule has 0 atom stereocenters. The fourth-order valence-corrected chi connectivity index (χ4v) is 5.04. The molecule has 4 aromatic rings. The second-order valence-corrected chi connectivity index (χ2v) is 8.79. The summed E-state index contributed by atoms with van der Waals surface area (Å²) >= 11 is 16.2. The van der Waals surface area contributed by atoms with Crippen LogP contribution >= 0.6 is 57.2 Å². The van der Waals surface area contributed by atoms with Crippen molar-refractivity contribution < 1.29 is 4.79 Å². The Morgan fingerprint density at radius 3 is 2.83 bits per heavy atom. The van der Waals surface area contributed by atoms with Crippen molar-refractivity contribution in [3.8, 4) is 11.3 Å². The number of carbonyl (C=O) groups is 1. The Morgan fingerprint density at radius 2 is 2.04 bits per heavy atom. The van der Waals surface area contributed by atoms with Gasteiger partial charge in [0.25, 0.3) is 5.91 Å². The number of rotatable bonds is 3. The Bertz CT molecular complexity index is 1050. The van der Waals surface area contributed by atoms with Crippen molar-refractivity contribution in [1.82, 2.24) is 9.97 Å². The number of benzene rings is 1. The summed E-state index contributed by atoms with van der Waals surface area (Å²) in [6.07, 6.45) is 0. The monoisotopic (exact) mass is 411 g/mol. The van der Waals surface area contributed by atoms with E-state index >= 15 is 0 Å². The zero-order valence-electron chi connectivity index (χ0n) is 11.7. The Balaban J connectivity index is 1.57. The second-order valence-electron chi connectivity index (χ2n) is 4.76. The van der Waals surface area contributed by atoms with E-state index in [4.69, 9.17) is 23.2 Å². The van der Waals surface area contributed by atoms with Crippen LogP contribution in [0.2, 0.25) is 8.67 Å². The van der Waals surface area contributed by atoms with Crippen LogP contribution in [0.25, 0.3) is 21.5 Å². The van der Waals surface area contributed by atoms with Gasteiger partial charge in [0.1, 0.15) is 4.34 Å². The highest BCUT2D eigenvalue weighted by atomic mass is 35.5. The number of thiophene rings is 1. The first-order valence-corrected chi connectivity index (χ1v) is 9.98. The molecule has 0 spiro atoms. The maximum atomic E-state index is 12.4. The molecule has 3 aromatic heterocycles. The Labute approximate surface area is 158 Å². The van der Waals surface area contributed by atoms with Gasteiger partial charge in [0.2, 0.25) is 0 Å². The summed E-state index contributed by atoms with van der Waals surface area (Å²) in [4.78, 5) is 21.0. The van der Waals surface area contributed by atoms with Gasteiger partial charge in [-0.3, -0.25) is 10.1 Å². The van der Waals surface area contributed by atoms with Crippen LogP contribution in [0.1, 0.15) is 10.4 Å². The number of thiazole rings is 2. The van der Waals surface area contributed by atoms with Gasteiger partial charge in [0.15, 0.2) is 5.13 Å². The van der Waals surface area contributed by atoms with Crippen molar-refractivity contribution in [2.75, 3.05) is 5.32 Å². The first kappa shape index (κ1) is 16.0. The lowest BCUT2D eigenvalue weighted by Gasteiger charge is -2.01. The fraction of sp³-hybridized carbons (Fsp3) is 0. The Kier molecular flexibility index (Phi) is 4.28. The number of nitrogens with one attached hydrogen (secondary N) is 1. The van der Waals surface area contributed by atoms with Crippen molar-refractivity contribution in [2.24, 2.45) is 0 Å². The number of anilines is 1. The summed E-state index contributed by atoms with van der Waals surface area (Å²) in [5.74, 6) is -0.208. The van der Waals surface area contributed by atoms with Crippen molar-refractivity contribution in [3.05, 3.63) is 49.4 Å². The third-order valence-corrected chi connectivity index (χ3v) is 6.29. The molecule has 0 saturated carbocycles. The summed E-state index contributed by atoms with van der Waals surface area (Å²) in [7, 11) is 0. The predicted molar refractivity (Wildman–Crippen MR) is 103 cm³/mol. The number of hydrogen-bond donors (Lipinski definition) is 1. The van der Waals surface area contributed by atoms with Crippen LogP contribution < -0.4 is 5.32 Å². The summed E-state index contributed by atoms with van der Waals surface area (Å²) in [6, 6.07) is 7.18. The maximum absolute atomic E-state index is 12.4. The minimum absolute atomic E-state index is 0.208. The minimum atomic E-state index is -0.208. The highest BCUT2D eigenvalue weighted by molar-refractivity contribution is 7.20. The van der Waals surface area contributed by atoms with Gasteiger partial charge in [-0.05, 0) is 24.3 Å². The molecule has 24 heavy (non-hydrogen) atoms. The second kappa shape index (κ2) is 6.42. The van der Waals surface area contributed by atoms with Gasteiger partial charge < -0.3 is 0 Å². The smallest absolute Gasteiger partial charge is 0.257 e. The number of amides is 1. The van der Waals surface area contributed by atoms with Crippen molar-refractivity contribution in [1.29, 1.82) is 0 Å². The summed E-state index contributed by atoms with van der Waals surface area (Å²) in [5.41, 5.74) is 4.68. The maximum Gasteiger partial charge on any atom is 0.257 e. The molecule has 0 saturated heterocycles. The van der Waals surface area contributed by atoms with Crippen LogP contribution in [0.4, 0.5) is 5.13 Å². The SMILES string of the molecule is O=C(Nc1nc(-c2cc(Cl)sc2Cl)cs1)c1ccc2ncsc2c1. The van der Waals surface area contributed by atoms with Crippen LogP contribution in [-0.4, -0.2) is 15.9 Å². The van der Waals surface area contributed by atoms with E-state index in [1.54, 1.807) is 17.6 Å². The van der Waals surface area contributed by atoms with E-state index in [2.05, 4.69) is 15.3 Å². The molecule has 1 aromatic carbocycles. The van der Waals surface area contributed by atoms with Gasteiger partial charge in [-0.25, -0.2) is 9.97 Å². The van der Waals surface area contributed by atoms with Gasteiger partial charge in [-0.1, -0.05) is 23.2 Å². The van der Waals surface area contributed by atoms with Crippen LogP contribution in [0.5, 0.6) is 0 Å². The lowest BCUT2D eigenvalue weighted by atomic mass is 10.2. The van der Waals surface area contributed by atoms with E-state index in [1.807, 2.05) is 17.5 Å². The normalized spacial score (nSPS) is 11.1. The largest absolute Gasteiger partial charge is 0.298 e. The Hall–Kier alpha value is -1.51. The summed E-state index contributed by atoms with van der Waals surface area (Å²) in [5, 5.41) is 5.16. The highest BCUT2D eigenvalue weighted by Gasteiger charge is 2.14. The molecule has 0 radical (unpaired) electrons. The van der Waals surface area contributed by atoms with Crippen LogP contribution in [-0.2, 0) is 0 Å². The molecule has 120 valence electrons. The molecule has 0 unspecified atom stereocenters. The standard InChI is InChI=1S/C15H7Cl2N3OS3/c16-12-4-8(13(17)24-12)10-5-22-15(19-10)20-14(21)7-1-2-9-11(3-7)23-6-18-9/h1-6H,(H,19,20,21). The molecule has 3 heterocycles. The number of halogens is 2. The average molecular weight is 412 g/mol. The van der Waals surface area contributed by atoms with Gasteiger partial charge in [0, 0.05) is 16.5 Å². The third kappa shape index (κ3) is 3.05. The van der Waals surface area contributed by atoms with Gasteiger partial charge in [0.05, 0.1) is 25.8 Å². The summed E-state index contributed by atoms with van der Waals surface area (Å²) in [6.45, 7) is 0. The van der Waals surface area contributed by atoms with Crippen LogP contribution in [0.15, 0.2) is 35.2 Å². The molecule has 1 N–H and O–H groups in total. The molecular formula is C15H7Cl2N3OS3. The fourth-order valence-electron chi connectivity index (χ4n) is 2.14. The Morgan fingerprint density at radius 1 is 1.17 bits per heavy atom. The number of nitrogens with zero attached hydrogens (tertiary/aromatic N) is 2. The molecule has 4 nitrogen and oxygen atoms in total. The predicted octanol–water partition coefficient (Wildman–Crippen LogP) is 6.04. The molecule has 1 amide bonds. The first-order valence-electron chi connectivity index (χ1n) is 6.65.